The topological polar surface area (TPSA) is 38.3 Å². The van der Waals surface area contributed by atoms with E-state index in [0.717, 1.165) is 10.8 Å². The van der Waals surface area contributed by atoms with Gasteiger partial charge in [-0.2, -0.15) is 0 Å². The zero-order valence-electron chi connectivity index (χ0n) is 12.4. The summed E-state index contributed by atoms with van der Waals surface area (Å²) in [6.07, 6.45) is 0. The second kappa shape index (κ2) is 5.95. The van der Waals surface area contributed by atoms with Gasteiger partial charge in [0.2, 0.25) is 0 Å². The first kappa shape index (κ1) is 14.4. The number of hydrogen-bond donors (Lipinski definition) is 1. The average Bonchev–Trinajstić information content (AvgIpc) is 2.45. The van der Waals surface area contributed by atoms with Crippen LogP contribution in [-0.2, 0) is 0 Å². The van der Waals surface area contributed by atoms with Crippen LogP contribution in [0.2, 0.25) is 0 Å². The van der Waals surface area contributed by atoms with Crippen LogP contribution in [0.1, 0.15) is 31.1 Å². The van der Waals surface area contributed by atoms with Crippen LogP contribution in [0.3, 0.4) is 0 Å². The van der Waals surface area contributed by atoms with E-state index >= 15 is 0 Å². The van der Waals surface area contributed by atoms with E-state index in [1.54, 1.807) is 7.11 Å². The van der Waals surface area contributed by atoms with Crippen LogP contribution in [0.4, 0.5) is 0 Å². The number of ether oxygens (including phenoxy) is 1. The highest BCUT2D eigenvalue weighted by atomic mass is 16.5. The molecule has 3 nitrogen and oxygen atoms in total. The highest BCUT2D eigenvalue weighted by molar-refractivity contribution is 6.01. The third kappa shape index (κ3) is 2.93. The first-order chi connectivity index (χ1) is 9.52. The minimum atomic E-state index is -0.0891. The van der Waals surface area contributed by atoms with Crippen LogP contribution in [0.25, 0.3) is 10.8 Å². The third-order valence-electron chi connectivity index (χ3n) is 3.67. The number of hydrogen-bond acceptors (Lipinski definition) is 2. The molecule has 0 saturated heterocycles. The van der Waals surface area contributed by atoms with Crippen LogP contribution >= 0.6 is 0 Å². The van der Waals surface area contributed by atoms with Gasteiger partial charge in [-0.05, 0) is 35.7 Å². The summed E-state index contributed by atoms with van der Waals surface area (Å²) in [6, 6.07) is 11.9. The van der Waals surface area contributed by atoms with Crippen molar-refractivity contribution in [1.29, 1.82) is 0 Å². The van der Waals surface area contributed by atoms with Gasteiger partial charge in [-0.3, -0.25) is 4.79 Å². The lowest BCUT2D eigenvalue weighted by Crippen LogP contribution is -2.36. The van der Waals surface area contributed by atoms with E-state index in [2.05, 4.69) is 19.2 Å². The molecule has 1 atom stereocenters. The molecule has 0 aromatic heterocycles. The number of benzene rings is 2. The fourth-order valence-corrected chi connectivity index (χ4v) is 2.02. The first-order valence-electron chi connectivity index (χ1n) is 6.90. The summed E-state index contributed by atoms with van der Waals surface area (Å²) in [6.45, 7) is 6.18. The summed E-state index contributed by atoms with van der Waals surface area (Å²) in [5, 5.41) is 5.12. The quantitative estimate of drug-likeness (QED) is 0.922. The smallest absolute Gasteiger partial charge is 0.255 e. The van der Waals surface area contributed by atoms with E-state index in [1.165, 1.54) is 0 Å². The van der Waals surface area contributed by atoms with Crippen LogP contribution in [0.15, 0.2) is 36.4 Å². The summed E-state index contributed by atoms with van der Waals surface area (Å²) in [4.78, 5) is 12.4. The lowest BCUT2D eigenvalue weighted by molar-refractivity contribution is 0.0927. The normalized spacial score (nSPS) is 12.4. The molecule has 0 fully saturated rings. The SMILES string of the molecule is COc1cc2ccccc2cc1C(=O)N[C@H](C)C(C)C. The van der Waals surface area contributed by atoms with Gasteiger partial charge in [0.1, 0.15) is 5.75 Å². The second-order valence-electron chi connectivity index (χ2n) is 5.41. The van der Waals surface area contributed by atoms with Gasteiger partial charge < -0.3 is 10.1 Å². The Morgan fingerprint density at radius 1 is 1.10 bits per heavy atom. The molecule has 0 aliphatic carbocycles. The Hall–Kier alpha value is -2.03. The minimum Gasteiger partial charge on any atom is -0.496 e. The van der Waals surface area contributed by atoms with Crippen molar-refractivity contribution in [1.82, 2.24) is 5.32 Å². The summed E-state index contributed by atoms with van der Waals surface area (Å²) >= 11 is 0. The molecule has 0 unspecified atom stereocenters. The Morgan fingerprint density at radius 2 is 1.70 bits per heavy atom. The molecule has 1 N–H and O–H groups in total. The molecular weight excluding hydrogens is 250 g/mol. The van der Waals surface area contributed by atoms with Gasteiger partial charge in [-0.15, -0.1) is 0 Å². The Morgan fingerprint density at radius 3 is 2.25 bits per heavy atom. The van der Waals surface area contributed by atoms with E-state index in [4.69, 9.17) is 4.74 Å². The van der Waals surface area contributed by atoms with Crippen molar-refractivity contribution in [2.24, 2.45) is 5.92 Å². The number of carbonyl (C=O) groups excluding carboxylic acids is 1. The van der Waals surface area contributed by atoms with Gasteiger partial charge in [0.05, 0.1) is 12.7 Å². The molecule has 2 aromatic carbocycles. The van der Waals surface area contributed by atoms with Crippen molar-refractivity contribution in [3.8, 4) is 5.75 Å². The van der Waals surface area contributed by atoms with Gasteiger partial charge in [-0.25, -0.2) is 0 Å². The molecule has 0 aliphatic heterocycles. The van der Waals surface area contributed by atoms with Gasteiger partial charge in [0.25, 0.3) is 5.91 Å². The van der Waals surface area contributed by atoms with Crippen LogP contribution in [0, 0.1) is 5.92 Å². The summed E-state index contributed by atoms with van der Waals surface area (Å²) < 4.78 is 5.36. The Labute approximate surface area is 119 Å². The fraction of sp³-hybridized carbons (Fsp3) is 0.353. The second-order valence-corrected chi connectivity index (χ2v) is 5.41. The van der Waals surface area contributed by atoms with Crippen LogP contribution in [0.5, 0.6) is 5.75 Å². The molecule has 2 rings (SSSR count). The van der Waals surface area contributed by atoms with Crippen molar-refractivity contribution >= 4 is 16.7 Å². The maximum absolute atomic E-state index is 12.4. The molecule has 106 valence electrons. The van der Waals surface area contributed by atoms with Gasteiger partial charge in [0, 0.05) is 6.04 Å². The zero-order chi connectivity index (χ0) is 14.7. The third-order valence-corrected chi connectivity index (χ3v) is 3.67. The molecule has 0 aliphatic rings. The number of carbonyl (C=O) groups is 1. The Bertz CT molecular complexity index is 619. The predicted molar refractivity (Wildman–Crippen MR) is 82.3 cm³/mol. The standard InChI is InChI=1S/C17H21NO2/c1-11(2)12(3)18-17(19)15-9-13-7-5-6-8-14(13)10-16(15)20-4/h5-12H,1-4H3,(H,18,19)/t12-/m1/s1. The first-order valence-corrected chi connectivity index (χ1v) is 6.90. The Balaban J connectivity index is 2.39. The van der Waals surface area contributed by atoms with E-state index in [-0.39, 0.29) is 11.9 Å². The molecule has 0 spiro atoms. The average molecular weight is 271 g/mol. The molecule has 0 bridgehead atoms. The van der Waals surface area contributed by atoms with Crippen LogP contribution in [-0.4, -0.2) is 19.1 Å². The number of amides is 1. The zero-order valence-corrected chi connectivity index (χ0v) is 12.4. The number of nitrogens with one attached hydrogen (secondary N) is 1. The highest BCUT2D eigenvalue weighted by Crippen LogP contribution is 2.26. The molecule has 1 amide bonds. The molecule has 0 saturated carbocycles. The minimum absolute atomic E-state index is 0.0891. The van der Waals surface area contributed by atoms with E-state index in [9.17, 15) is 4.79 Å². The predicted octanol–water partition coefficient (Wildman–Crippen LogP) is 3.62. The summed E-state index contributed by atoms with van der Waals surface area (Å²) in [7, 11) is 1.59. The summed E-state index contributed by atoms with van der Waals surface area (Å²) in [5.74, 6) is 0.913. The molecule has 0 radical (unpaired) electrons. The van der Waals surface area contributed by atoms with E-state index < -0.39 is 0 Å². The summed E-state index contributed by atoms with van der Waals surface area (Å²) in [5.41, 5.74) is 0.582. The molecule has 3 heteroatoms. The van der Waals surface area contributed by atoms with E-state index in [0.29, 0.717) is 17.2 Å². The van der Waals surface area contributed by atoms with Crippen LogP contribution < -0.4 is 10.1 Å². The van der Waals surface area contributed by atoms with Crippen molar-refractivity contribution < 1.29 is 9.53 Å². The monoisotopic (exact) mass is 271 g/mol. The van der Waals surface area contributed by atoms with E-state index in [1.807, 2.05) is 43.3 Å². The number of fused-ring (bicyclic) bond motifs is 1. The van der Waals surface area contributed by atoms with Gasteiger partial charge >= 0.3 is 0 Å². The van der Waals surface area contributed by atoms with Crippen molar-refractivity contribution in [3.05, 3.63) is 42.0 Å². The molecule has 0 heterocycles. The lowest BCUT2D eigenvalue weighted by Gasteiger charge is -2.18. The van der Waals surface area contributed by atoms with Crippen molar-refractivity contribution in [3.63, 3.8) is 0 Å². The van der Waals surface area contributed by atoms with Gasteiger partial charge in [-0.1, -0.05) is 38.1 Å². The Kier molecular flexibility index (Phi) is 4.28. The number of rotatable bonds is 4. The number of methoxy groups -OCH3 is 1. The maximum atomic E-state index is 12.4. The fourth-order valence-electron chi connectivity index (χ4n) is 2.02. The molecular formula is C17H21NO2. The van der Waals surface area contributed by atoms with Crippen molar-refractivity contribution in [2.75, 3.05) is 7.11 Å². The highest BCUT2D eigenvalue weighted by Gasteiger charge is 2.17. The van der Waals surface area contributed by atoms with Gasteiger partial charge in [0.15, 0.2) is 0 Å². The largest absolute Gasteiger partial charge is 0.496 e. The maximum Gasteiger partial charge on any atom is 0.255 e. The molecule has 2 aromatic rings. The van der Waals surface area contributed by atoms with Crippen molar-refractivity contribution in [2.45, 2.75) is 26.8 Å². The lowest BCUT2D eigenvalue weighted by atomic mass is 10.0. The molecule has 20 heavy (non-hydrogen) atoms.